The minimum absolute atomic E-state index is 0.130. The van der Waals surface area contributed by atoms with Crippen molar-refractivity contribution in [3.63, 3.8) is 0 Å². The Labute approximate surface area is 182 Å². The SMILES string of the molecule is Cc1ccccc1-n1nc2c(c1NC(=O)COc1ccc3ccccc3c1)C[S@@](=O)C2. The van der Waals surface area contributed by atoms with Crippen LogP contribution in [-0.2, 0) is 27.1 Å². The number of para-hydroxylation sites is 1. The zero-order valence-electron chi connectivity index (χ0n) is 17.0. The van der Waals surface area contributed by atoms with Gasteiger partial charge in [-0.25, -0.2) is 4.68 Å². The van der Waals surface area contributed by atoms with Crippen LogP contribution in [0.3, 0.4) is 0 Å². The summed E-state index contributed by atoms with van der Waals surface area (Å²) in [5, 5.41) is 9.76. The second-order valence-corrected chi connectivity index (χ2v) is 9.00. The molecule has 1 amide bonds. The number of hydrogen-bond acceptors (Lipinski definition) is 4. The molecule has 5 rings (SSSR count). The van der Waals surface area contributed by atoms with E-state index >= 15 is 0 Å². The Kier molecular flexibility index (Phi) is 5.03. The van der Waals surface area contributed by atoms with E-state index in [9.17, 15) is 9.00 Å². The molecule has 0 spiro atoms. The monoisotopic (exact) mass is 431 g/mol. The number of rotatable bonds is 5. The van der Waals surface area contributed by atoms with Crippen molar-refractivity contribution in [3.05, 3.63) is 83.6 Å². The van der Waals surface area contributed by atoms with Crippen molar-refractivity contribution in [1.82, 2.24) is 9.78 Å². The lowest BCUT2D eigenvalue weighted by atomic mass is 10.1. The molecule has 3 aromatic carbocycles. The van der Waals surface area contributed by atoms with Crippen LogP contribution in [0.15, 0.2) is 66.7 Å². The van der Waals surface area contributed by atoms with Gasteiger partial charge in [0.05, 0.1) is 22.9 Å². The summed E-state index contributed by atoms with van der Waals surface area (Å²) >= 11 is 0. The van der Waals surface area contributed by atoms with Crippen molar-refractivity contribution in [2.75, 3.05) is 11.9 Å². The van der Waals surface area contributed by atoms with E-state index in [0.717, 1.165) is 33.3 Å². The van der Waals surface area contributed by atoms with E-state index in [4.69, 9.17) is 4.74 Å². The molecule has 1 atom stereocenters. The molecule has 0 unspecified atom stereocenters. The average Bonchev–Trinajstić information content (AvgIpc) is 3.29. The molecule has 156 valence electrons. The summed E-state index contributed by atoms with van der Waals surface area (Å²) in [6.45, 7) is 1.86. The highest BCUT2D eigenvalue weighted by Gasteiger charge is 2.28. The summed E-state index contributed by atoms with van der Waals surface area (Å²) < 4.78 is 19.5. The fourth-order valence-electron chi connectivity index (χ4n) is 3.81. The molecule has 31 heavy (non-hydrogen) atoms. The van der Waals surface area contributed by atoms with Gasteiger partial charge in [-0.3, -0.25) is 9.00 Å². The van der Waals surface area contributed by atoms with Gasteiger partial charge in [-0.15, -0.1) is 0 Å². The molecule has 0 fully saturated rings. The van der Waals surface area contributed by atoms with Crippen LogP contribution in [-0.4, -0.2) is 26.5 Å². The van der Waals surface area contributed by atoms with E-state index in [2.05, 4.69) is 10.4 Å². The van der Waals surface area contributed by atoms with E-state index in [1.54, 1.807) is 4.68 Å². The third-order valence-corrected chi connectivity index (χ3v) is 6.57. The summed E-state index contributed by atoms with van der Waals surface area (Å²) in [6, 6.07) is 21.6. The second kappa shape index (κ2) is 8.00. The van der Waals surface area contributed by atoms with Crippen LogP contribution in [0.5, 0.6) is 5.75 Å². The highest BCUT2D eigenvalue weighted by Crippen LogP contribution is 2.32. The lowest BCUT2D eigenvalue weighted by Gasteiger charge is -2.13. The van der Waals surface area contributed by atoms with Gasteiger partial charge >= 0.3 is 0 Å². The molecule has 0 saturated heterocycles. The van der Waals surface area contributed by atoms with Gasteiger partial charge in [-0.05, 0) is 41.5 Å². The van der Waals surface area contributed by atoms with Gasteiger partial charge in [0.15, 0.2) is 6.61 Å². The van der Waals surface area contributed by atoms with Gasteiger partial charge in [0.1, 0.15) is 11.6 Å². The zero-order valence-corrected chi connectivity index (χ0v) is 17.8. The number of carbonyl (C=O) groups excluding carboxylic acids is 1. The molecule has 6 nitrogen and oxygen atoms in total. The summed E-state index contributed by atoms with van der Waals surface area (Å²) in [5.74, 6) is 1.71. The maximum absolute atomic E-state index is 12.7. The molecule has 0 aliphatic carbocycles. The normalized spacial score (nSPS) is 15.1. The molecular weight excluding hydrogens is 410 g/mol. The van der Waals surface area contributed by atoms with Gasteiger partial charge in [-0.1, -0.05) is 48.5 Å². The molecule has 1 aromatic heterocycles. The highest BCUT2D eigenvalue weighted by molar-refractivity contribution is 7.83. The number of aryl methyl sites for hydroxylation is 1. The summed E-state index contributed by atoms with van der Waals surface area (Å²) in [6.07, 6.45) is 0. The molecule has 2 heterocycles. The number of benzene rings is 3. The van der Waals surface area contributed by atoms with Crippen molar-refractivity contribution in [2.24, 2.45) is 0 Å². The number of hydrogen-bond donors (Lipinski definition) is 1. The Bertz CT molecular complexity index is 1330. The molecule has 0 radical (unpaired) electrons. The molecule has 7 heteroatoms. The second-order valence-electron chi connectivity index (χ2n) is 7.55. The van der Waals surface area contributed by atoms with Gasteiger partial charge in [-0.2, -0.15) is 5.10 Å². The predicted octanol–water partition coefficient (Wildman–Crippen LogP) is 4.11. The minimum Gasteiger partial charge on any atom is -0.484 e. The van der Waals surface area contributed by atoms with E-state index in [1.807, 2.05) is 73.7 Å². The Hall–Kier alpha value is -3.45. The molecule has 1 aliphatic rings. The van der Waals surface area contributed by atoms with Crippen LogP contribution in [0.4, 0.5) is 5.82 Å². The number of carbonyl (C=O) groups is 1. The largest absolute Gasteiger partial charge is 0.484 e. The molecule has 1 N–H and O–H groups in total. The van der Waals surface area contributed by atoms with Crippen LogP contribution in [0, 0.1) is 6.92 Å². The summed E-state index contributed by atoms with van der Waals surface area (Å²) in [7, 11) is -0.989. The van der Waals surface area contributed by atoms with E-state index in [-0.39, 0.29) is 12.5 Å². The molecule has 1 aliphatic heterocycles. The Morgan fingerprint density at radius 3 is 2.68 bits per heavy atom. The number of amides is 1. The topological polar surface area (TPSA) is 73.2 Å². The first-order valence-electron chi connectivity index (χ1n) is 10.0. The Morgan fingerprint density at radius 2 is 1.84 bits per heavy atom. The number of nitrogens with one attached hydrogen (secondary N) is 1. The first kappa shape index (κ1) is 19.5. The Balaban J connectivity index is 1.38. The van der Waals surface area contributed by atoms with Crippen LogP contribution >= 0.6 is 0 Å². The van der Waals surface area contributed by atoms with Gasteiger partial charge in [0, 0.05) is 16.4 Å². The van der Waals surface area contributed by atoms with E-state index in [1.165, 1.54) is 0 Å². The lowest BCUT2D eigenvalue weighted by Crippen LogP contribution is -2.22. The quantitative estimate of drug-likeness (QED) is 0.516. The molecular formula is C24H21N3O3S. The van der Waals surface area contributed by atoms with Crippen molar-refractivity contribution in [3.8, 4) is 11.4 Å². The molecule has 0 saturated carbocycles. The minimum atomic E-state index is -0.989. The molecule has 4 aromatic rings. The fraction of sp³-hybridized carbons (Fsp3) is 0.167. The van der Waals surface area contributed by atoms with Crippen molar-refractivity contribution in [1.29, 1.82) is 0 Å². The van der Waals surface area contributed by atoms with E-state index in [0.29, 0.717) is 23.1 Å². The third kappa shape index (κ3) is 3.84. The first-order chi connectivity index (χ1) is 15.1. The smallest absolute Gasteiger partial charge is 0.263 e. The van der Waals surface area contributed by atoms with Gasteiger partial charge in [0.2, 0.25) is 0 Å². The lowest BCUT2D eigenvalue weighted by molar-refractivity contribution is -0.118. The predicted molar refractivity (Wildman–Crippen MR) is 122 cm³/mol. The van der Waals surface area contributed by atoms with Gasteiger partial charge < -0.3 is 10.1 Å². The van der Waals surface area contributed by atoms with E-state index < -0.39 is 10.8 Å². The number of anilines is 1. The zero-order chi connectivity index (χ0) is 21.4. The maximum Gasteiger partial charge on any atom is 0.263 e. The Morgan fingerprint density at radius 1 is 1.06 bits per heavy atom. The summed E-state index contributed by atoms with van der Waals surface area (Å²) in [5.41, 5.74) is 3.52. The maximum atomic E-state index is 12.7. The number of fused-ring (bicyclic) bond motifs is 2. The number of nitrogens with zero attached hydrogens (tertiary/aromatic N) is 2. The fourth-order valence-corrected chi connectivity index (χ4v) is 5.07. The van der Waals surface area contributed by atoms with Crippen LogP contribution < -0.4 is 10.1 Å². The average molecular weight is 432 g/mol. The van der Waals surface area contributed by atoms with Crippen molar-refractivity contribution < 1.29 is 13.7 Å². The van der Waals surface area contributed by atoms with Crippen LogP contribution in [0.2, 0.25) is 0 Å². The van der Waals surface area contributed by atoms with Crippen LogP contribution in [0.1, 0.15) is 16.8 Å². The summed E-state index contributed by atoms with van der Waals surface area (Å²) in [4.78, 5) is 12.7. The number of ether oxygens (including phenoxy) is 1. The van der Waals surface area contributed by atoms with Crippen molar-refractivity contribution >= 4 is 33.3 Å². The number of aromatic nitrogens is 2. The standard InChI is InChI=1S/C24H21N3O3S/c1-16-6-2-5-9-22(16)27-24(20-14-31(29)15-21(20)26-27)25-23(28)13-30-19-11-10-17-7-3-4-8-18(17)12-19/h2-12H,13-15H2,1H3,(H,25,28)/t31-/m1/s1. The highest BCUT2D eigenvalue weighted by atomic mass is 32.2. The first-order valence-corrected chi connectivity index (χ1v) is 11.5. The van der Waals surface area contributed by atoms with Crippen molar-refractivity contribution in [2.45, 2.75) is 18.4 Å². The molecule has 0 bridgehead atoms. The van der Waals surface area contributed by atoms with Crippen LogP contribution in [0.25, 0.3) is 16.5 Å². The van der Waals surface area contributed by atoms with Gasteiger partial charge in [0.25, 0.3) is 5.91 Å². The third-order valence-electron chi connectivity index (χ3n) is 5.36.